The smallest absolute Gasteiger partial charge is 0.249 e. The van der Waals surface area contributed by atoms with E-state index in [1.807, 2.05) is 29.2 Å². The van der Waals surface area contributed by atoms with Crippen molar-refractivity contribution in [1.82, 2.24) is 4.90 Å². The number of benzene rings is 1. The van der Waals surface area contributed by atoms with Gasteiger partial charge in [-0.15, -0.1) is 0 Å². The molecule has 1 amide bonds. The first-order valence-corrected chi connectivity index (χ1v) is 5.95. The molecule has 90 valence electrons. The average molecular weight is 233 g/mol. The number of carbonyl (C=O) groups excluding carboxylic acids is 1. The summed E-state index contributed by atoms with van der Waals surface area (Å²) >= 11 is 0. The molecule has 2 heterocycles. The van der Waals surface area contributed by atoms with Crippen molar-refractivity contribution in [3.8, 4) is 5.75 Å². The number of carbonyl (C=O) groups is 1. The number of para-hydroxylation sites is 1. The Morgan fingerprint density at radius 3 is 3.00 bits per heavy atom. The molecular formula is C13H15NO3. The molecule has 2 aliphatic heterocycles. The molecule has 0 bridgehead atoms. The second kappa shape index (κ2) is 4.37. The van der Waals surface area contributed by atoms with E-state index in [2.05, 4.69) is 0 Å². The molecule has 0 aromatic heterocycles. The van der Waals surface area contributed by atoms with Gasteiger partial charge in [-0.05, 0) is 6.07 Å². The summed E-state index contributed by atoms with van der Waals surface area (Å²) < 4.78 is 10.8. The molecule has 1 aromatic carbocycles. The van der Waals surface area contributed by atoms with Crippen LogP contribution in [0.3, 0.4) is 0 Å². The molecule has 1 saturated heterocycles. The Balaban J connectivity index is 1.91. The van der Waals surface area contributed by atoms with Crippen molar-refractivity contribution in [3.63, 3.8) is 0 Å². The van der Waals surface area contributed by atoms with Crippen LogP contribution in [0.25, 0.3) is 0 Å². The number of nitrogens with zero attached hydrogens (tertiary/aromatic N) is 1. The van der Waals surface area contributed by atoms with E-state index in [0.29, 0.717) is 19.8 Å². The summed E-state index contributed by atoms with van der Waals surface area (Å²) in [6.45, 7) is 2.19. The van der Waals surface area contributed by atoms with E-state index in [1.165, 1.54) is 0 Å². The lowest BCUT2D eigenvalue weighted by Gasteiger charge is -2.37. The molecule has 1 aromatic rings. The highest BCUT2D eigenvalue weighted by Gasteiger charge is 2.31. The van der Waals surface area contributed by atoms with Crippen LogP contribution >= 0.6 is 0 Å². The lowest BCUT2D eigenvalue weighted by atomic mass is 9.98. The largest absolute Gasteiger partial charge is 0.493 e. The van der Waals surface area contributed by atoms with E-state index in [4.69, 9.17) is 9.47 Å². The van der Waals surface area contributed by atoms with Gasteiger partial charge >= 0.3 is 0 Å². The van der Waals surface area contributed by atoms with Crippen LogP contribution in [0.5, 0.6) is 5.75 Å². The molecule has 3 rings (SSSR count). The number of amides is 1. The van der Waals surface area contributed by atoms with Gasteiger partial charge in [0.2, 0.25) is 5.91 Å². The van der Waals surface area contributed by atoms with Crippen molar-refractivity contribution in [3.05, 3.63) is 29.8 Å². The number of morpholine rings is 1. The van der Waals surface area contributed by atoms with E-state index in [9.17, 15) is 4.79 Å². The van der Waals surface area contributed by atoms with E-state index in [-0.39, 0.29) is 18.6 Å². The first-order valence-electron chi connectivity index (χ1n) is 5.95. The highest BCUT2D eigenvalue weighted by atomic mass is 16.5. The molecule has 0 spiro atoms. The van der Waals surface area contributed by atoms with Gasteiger partial charge < -0.3 is 14.4 Å². The Morgan fingerprint density at radius 1 is 1.24 bits per heavy atom. The second-order valence-corrected chi connectivity index (χ2v) is 4.33. The van der Waals surface area contributed by atoms with Crippen LogP contribution < -0.4 is 4.74 Å². The highest BCUT2D eigenvalue weighted by molar-refractivity contribution is 5.78. The summed E-state index contributed by atoms with van der Waals surface area (Å²) in [5.41, 5.74) is 1.12. The van der Waals surface area contributed by atoms with E-state index in [0.717, 1.165) is 17.7 Å². The Labute approximate surface area is 100 Å². The van der Waals surface area contributed by atoms with Gasteiger partial charge in [0.25, 0.3) is 0 Å². The first kappa shape index (κ1) is 10.6. The summed E-state index contributed by atoms with van der Waals surface area (Å²) in [5, 5.41) is 0. The van der Waals surface area contributed by atoms with Crippen LogP contribution in [0.15, 0.2) is 24.3 Å². The van der Waals surface area contributed by atoms with Crippen molar-refractivity contribution in [1.29, 1.82) is 0 Å². The fourth-order valence-corrected chi connectivity index (χ4v) is 2.51. The van der Waals surface area contributed by atoms with Gasteiger partial charge in [0.1, 0.15) is 12.4 Å². The molecule has 4 heteroatoms. The minimum Gasteiger partial charge on any atom is -0.493 e. The normalized spacial score (nSPS) is 24.1. The second-order valence-electron chi connectivity index (χ2n) is 4.33. The SMILES string of the molecule is O=C1COCCN1C1CCOc2ccccc21. The third-order valence-electron chi connectivity index (χ3n) is 3.33. The number of hydrogen-bond acceptors (Lipinski definition) is 3. The average Bonchev–Trinajstić information content (AvgIpc) is 2.39. The molecule has 2 aliphatic rings. The summed E-state index contributed by atoms with van der Waals surface area (Å²) in [6.07, 6.45) is 0.864. The van der Waals surface area contributed by atoms with E-state index < -0.39 is 0 Å². The molecule has 1 atom stereocenters. The molecule has 1 fully saturated rings. The fourth-order valence-electron chi connectivity index (χ4n) is 2.51. The molecular weight excluding hydrogens is 218 g/mol. The van der Waals surface area contributed by atoms with Gasteiger partial charge in [-0.3, -0.25) is 4.79 Å². The summed E-state index contributed by atoms with van der Waals surface area (Å²) in [7, 11) is 0. The van der Waals surface area contributed by atoms with E-state index in [1.54, 1.807) is 0 Å². The monoisotopic (exact) mass is 233 g/mol. The minimum atomic E-state index is 0.0814. The Kier molecular flexibility index (Phi) is 2.73. The zero-order chi connectivity index (χ0) is 11.7. The highest BCUT2D eigenvalue weighted by Crippen LogP contribution is 2.36. The molecule has 0 N–H and O–H groups in total. The predicted molar refractivity (Wildman–Crippen MR) is 61.8 cm³/mol. The van der Waals surface area contributed by atoms with Crippen LogP contribution in [-0.2, 0) is 9.53 Å². The summed E-state index contributed by atoms with van der Waals surface area (Å²) in [5.74, 6) is 0.987. The number of hydrogen-bond donors (Lipinski definition) is 0. The van der Waals surface area contributed by atoms with Crippen molar-refractivity contribution < 1.29 is 14.3 Å². The number of fused-ring (bicyclic) bond motifs is 1. The molecule has 4 nitrogen and oxygen atoms in total. The van der Waals surface area contributed by atoms with Gasteiger partial charge in [0.05, 0.1) is 19.3 Å². The van der Waals surface area contributed by atoms with E-state index >= 15 is 0 Å². The van der Waals surface area contributed by atoms with Crippen LogP contribution in [-0.4, -0.2) is 37.2 Å². The lowest BCUT2D eigenvalue weighted by molar-refractivity contribution is -0.146. The zero-order valence-corrected chi connectivity index (χ0v) is 9.59. The lowest BCUT2D eigenvalue weighted by Crippen LogP contribution is -2.45. The van der Waals surface area contributed by atoms with Crippen molar-refractivity contribution in [2.24, 2.45) is 0 Å². The van der Waals surface area contributed by atoms with Gasteiger partial charge in [0, 0.05) is 18.5 Å². The molecule has 0 saturated carbocycles. The van der Waals surface area contributed by atoms with Crippen molar-refractivity contribution >= 4 is 5.91 Å². The maximum atomic E-state index is 11.9. The third kappa shape index (κ3) is 1.89. The fraction of sp³-hybridized carbons (Fsp3) is 0.462. The minimum absolute atomic E-state index is 0.0814. The van der Waals surface area contributed by atoms with Gasteiger partial charge in [-0.2, -0.15) is 0 Å². The van der Waals surface area contributed by atoms with Gasteiger partial charge in [-0.25, -0.2) is 0 Å². The van der Waals surface area contributed by atoms with Crippen molar-refractivity contribution in [2.45, 2.75) is 12.5 Å². The van der Waals surface area contributed by atoms with Crippen LogP contribution in [0.1, 0.15) is 18.0 Å². The molecule has 17 heavy (non-hydrogen) atoms. The molecule has 1 unspecified atom stereocenters. The Bertz CT molecular complexity index is 432. The van der Waals surface area contributed by atoms with Gasteiger partial charge in [0.15, 0.2) is 0 Å². The maximum Gasteiger partial charge on any atom is 0.249 e. The topological polar surface area (TPSA) is 38.8 Å². The maximum absolute atomic E-state index is 11.9. The Morgan fingerprint density at radius 2 is 2.12 bits per heavy atom. The third-order valence-corrected chi connectivity index (χ3v) is 3.33. The standard InChI is InChI=1S/C13H15NO3/c15-13-9-16-8-6-14(13)11-5-7-17-12-4-2-1-3-10(11)12/h1-4,11H,5-9H2. The quantitative estimate of drug-likeness (QED) is 0.735. The van der Waals surface area contributed by atoms with Crippen LogP contribution in [0.2, 0.25) is 0 Å². The van der Waals surface area contributed by atoms with Crippen LogP contribution in [0, 0.1) is 0 Å². The number of ether oxygens (including phenoxy) is 2. The van der Waals surface area contributed by atoms with Gasteiger partial charge in [-0.1, -0.05) is 18.2 Å². The predicted octanol–water partition coefficient (Wildman–Crippen LogP) is 1.37. The molecule has 0 radical (unpaired) electrons. The van der Waals surface area contributed by atoms with Crippen LogP contribution in [0.4, 0.5) is 0 Å². The summed E-state index contributed by atoms with van der Waals surface area (Å²) in [4.78, 5) is 13.8. The summed E-state index contributed by atoms with van der Waals surface area (Å²) in [6, 6.07) is 8.11. The first-order chi connectivity index (χ1) is 8.36. The molecule has 0 aliphatic carbocycles. The van der Waals surface area contributed by atoms with Crippen molar-refractivity contribution in [2.75, 3.05) is 26.4 Å². The Hall–Kier alpha value is -1.55. The zero-order valence-electron chi connectivity index (χ0n) is 9.59. The number of rotatable bonds is 1.